The summed E-state index contributed by atoms with van der Waals surface area (Å²) in [4.78, 5) is 25.4. The first kappa shape index (κ1) is 59.9. The van der Waals surface area contributed by atoms with Gasteiger partial charge < -0.3 is 14.2 Å². The number of ether oxygens (including phenoxy) is 3. The van der Waals surface area contributed by atoms with Crippen LogP contribution in [-0.4, -0.2) is 37.9 Å². The fourth-order valence-electron chi connectivity index (χ4n) is 7.86. The largest absolute Gasteiger partial charge is 0.462 e. The van der Waals surface area contributed by atoms with Crippen molar-refractivity contribution < 1.29 is 23.8 Å². The Morgan fingerprint density at radius 2 is 0.726 bits per heavy atom. The van der Waals surface area contributed by atoms with Crippen LogP contribution in [0.15, 0.2) is 48.6 Å². The third-order valence-electron chi connectivity index (χ3n) is 11.9. The summed E-state index contributed by atoms with van der Waals surface area (Å²) in [7, 11) is 0. The van der Waals surface area contributed by atoms with Crippen LogP contribution in [0.3, 0.4) is 0 Å². The Hall–Kier alpha value is -2.14. The van der Waals surface area contributed by atoms with Crippen LogP contribution in [-0.2, 0) is 23.8 Å². The fourth-order valence-corrected chi connectivity index (χ4v) is 7.86. The zero-order valence-corrected chi connectivity index (χ0v) is 41.6. The molecule has 62 heavy (non-hydrogen) atoms. The van der Waals surface area contributed by atoms with Crippen LogP contribution < -0.4 is 0 Å². The zero-order valence-electron chi connectivity index (χ0n) is 41.6. The predicted octanol–water partition coefficient (Wildman–Crippen LogP) is 18.3. The van der Waals surface area contributed by atoms with Gasteiger partial charge in [0, 0.05) is 19.4 Å². The van der Waals surface area contributed by atoms with Crippen LogP contribution in [0, 0.1) is 0 Å². The molecule has 0 aliphatic rings. The summed E-state index contributed by atoms with van der Waals surface area (Å²) in [6.45, 7) is 7.74. The third kappa shape index (κ3) is 50.5. The second-order valence-corrected chi connectivity index (χ2v) is 18.1. The molecule has 362 valence electrons. The van der Waals surface area contributed by atoms with Gasteiger partial charge in [-0.15, -0.1) is 0 Å². The summed E-state index contributed by atoms with van der Waals surface area (Å²) < 4.78 is 17.4. The maximum Gasteiger partial charge on any atom is 0.306 e. The van der Waals surface area contributed by atoms with Gasteiger partial charge in [-0.3, -0.25) is 9.59 Å². The van der Waals surface area contributed by atoms with Crippen molar-refractivity contribution in [3.63, 3.8) is 0 Å². The minimum absolute atomic E-state index is 0.0824. The minimum Gasteiger partial charge on any atom is -0.462 e. The first-order chi connectivity index (χ1) is 30.6. The quantitative estimate of drug-likeness (QED) is 0.0346. The van der Waals surface area contributed by atoms with Gasteiger partial charge in [0.25, 0.3) is 0 Å². The lowest BCUT2D eigenvalue weighted by Gasteiger charge is -2.18. The Morgan fingerprint density at radius 3 is 1.16 bits per heavy atom. The van der Waals surface area contributed by atoms with E-state index in [0.29, 0.717) is 19.4 Å². The molecule has 5 nitrogen and oxygen atoms in total. The summed E-state index contributed by atoms with van der Waals surface area (Å²) in [6.07, 6.45) is 65.5. The molecule has 0 bridgehead atoms. The van der Waals surface area contributed by atoms with E-state index in [1.807, 2.05) is 0 Å². The molecule has 0 rings (SSSR count). The Balaban J connectivity index is 4.21. The Bertz CT molecular complexity index is 1030. The lowest BCUT2D eigenvalue weighted by atomic mass is 10.0. The molecule has 0 spiro atoms. The lowest BCUT2D eigenvalue weighted by molar-refractivity contribution is -0.163. The SMILES string of the molecule is CC/C=C\C/C=C\C/C=C\C/C=C\CCCCCCCCC(=O)OCC(COCCCCCCCCCCCCCCCCCC)OC(=O)CCCCCCCCCCCCC. The molecule has 0 saturated heterocycles. The van der Waals surface area contributed by atoms with Gasteiger partial charge in [0.1, 0.15) is 6.61 Å². The molecule has 0 aliphatic heterocycles. The maximum absolute atomic E-state index is 12.8. The van der Waals surface area contributed by atoms with Crippen LogP contribution in [0.1, 0.15) is 278 Å². The van der Waals surface area contributed by atoms with Crippen molar-refractivity contribution in [2.75, 3.05) is 19.8 Å². The van der Waals surface area contributed by atoms with Crippen LogP contribution in [0.4, 0.5) is 0 Å². The van der Waals surface area contributed by atoms with E-state index in [0.717, 1.165) is 70.6 Å². The molecular formula is C57H104O5. The van der Waals surface area contributed by atoms with E-state index in [-0.39, 0.29) is 25.2 Å². The highest BCUT2D eigenvalue weighted by Crippen LogP contribution is 2.16. The van der Waals surface area contributed by atoms with Crippen LogP contribution in [0.5, 0.6) is 0 Å². The third-order valence-corrected chi connectivity index (χ3v) is 11.9. The highest BCUT2D eigenvalue weighted by Gasteiger charge is 2.17. The Morgan fingerprint density at radius 1 is 0.371 bits per heavy atom. The van der Waals surface area contributed by atoms with Gasteiger partial charge in [-0.05, 0) is 57.8 Å². The molecule has 0 N–H and O–H groups in total. The first-order valence-electron chi connectivity index (χ1n) is 27.2. The number of rotatable bonds is 50. The van der Waals surface area contributed by atoms with E-state index in [9.17, 15) is 9.59 Å². The van der Waals surface area contributed by atoms with E-state index >= 15 is 0 Å². The Labute approximate surface area is 386 Å². The van der Waals surface area contributed by atoms with Gasteiger partial charge in [0.15, 0.2) is 6.10 Å². The van der Waals surface area contributed by atoms with Gasteiger partial charge in [-0.1, -0.05) is 256 Å². The molecule has 0 aromatic carbocycles. The van der Waals surface area contributed by atoms with Gasteiger partial charge in [0.05, 0.1) is 6.61 Å². The second-order valence-electron chi connectivity index (χ2n) is 18.1. The molecule has 0 aliphatic carbocycles. The number of carbonyl (C=O) groups is 2. The van der Waals surface area contributed by atoms with E-state index in [1.54, 1.807) is 0 Å². The van der Waals surface area contributed by atoms with E-state index in [2.05, 4.69) is 69.4 Å². The molecule has 0 aromatic heterocycles. The van der Waals surface area contributed by atoms with E-state index in [1.165, 1.54) is 173 Å². The van der Waals surface area contributed by atoms with Crippen molar-refractivity contribution in [1.82, 2.24) is 0 Å². The standard InChI is InChI=1S/C57H104O5/c1-4-7-10-13-16-19-22-24-26-28-29-30-31-33-36-38-41-44-47-50-56(58)61-54-55(62-57(59)51-48-45-42-39-35-21-18-15-12-9-6-3)53-60-52-49-46-43-40-37-34-32-27-25-23-20-17-14-11-8-5-2/h7,10,16,19,24,26,29-30,55H,4-6,8-9,11-15,17-18,20-23,25,27-28,31-54H2,1-3H3/b10-7-,19-16-,26-24-,30-29-. The highest BCUT2D eigenvalue weighted by molar-refractivity contribution is 5.70. The molecule has 1 unspecified atom stereocenters. The average molecular weight is 869 g/mol. The van der Waals surface area contributed by atoms with Crippen molar-refractivity contribution in [1.29, 1.82) is 0 Å². The molecule has 0 radical (unpaired) electrons. The van der Waals surface area contributed by atoms with Crippen molar-refractivity contribution in [3.8, 4) is 0 Å². The monoisotopic (exact) mass is 869 g/mol. The molecule has 0 saturated carbocycles. The topological polar surface area (TPSA) is 61.8 Å². The van der Waals surface area contributed by atoms with Gasteiger partial charge >= 0.3 is 11.9 Å². The lowest BCUT2D eigenvalue weighted by Crippen LogP contribution is -2.30. The average Bonchev–Trinajstić information content (AvgIpc) is 3.27. The number of hydrogen-bond acceptors (Lipinski definition) is 5. The van der Waals surface area contributed by atoms with Gasteiger partial charge in [-0.2, -0.15) is 0 Å². The second kappa shape index (κ2) is 53.2. The zero-order chi connectivity index (χ0) is 44.9. The molecular weight excluding hydrogens is 765 g/mol. The summed E-state index contributed by atoms with van der Waals surface area (Å²) in [5, 5.41) is 0. The van der Waals surface area contributed by atoms with Crippen LogP contribution in [0.2, 0.25) is 0 Å². The molecule has 0 heterocycles. The van der Waals surface area contributed by atoms with Crippen molar-refractivity contribution in [2.45, 2.75) is 284 Å². The number of esters is 2. The fraction of sp³-hybridized carbons (Fsp3) is 0.825. The molecule has 0 amide bonds. The summed E-state index contributed by atoms with van der Waals surface area (Å²) in [5.74, 6) is -0.400. The van der Waals surface area contributed by atoms with Crippen molar-refractivity contribution in [2.24, 2.45) is 0 Å². The number of hydrogen-bond donors (Lipinski definition) is 0. The summed E-state index contributed by atoms with van der Waals surface area (Å²) >= 11 is 0. The van der Waals surface area contributed by atoms with Gasteiger partial charge in [-0.25, -0.2) is 0 Å². The number of allylic oxidation sites excluding steroid dienone is 8. The normalized spacial score (nSPS) is 12.5. The molecule has 0 fully saturated rings. The van der Waals surface area contributed by atoms with Crippen molar-refractivity contribution in [3.05, 3.63) is 48.6 Å². The molecule has 5 heteroatoms. The predicted molar refractivity (Wildman–Crippen MR) is 270 cm³/mol. The summed E-state index contributed by atoms with van der Waals surface area (Å²) in [5.41, 5.74) is 0. The first-order valence-corrected chi connectivity index (χ1v) is 27.2. The molecule has 1 atom stereocenters. The summed E-state index contributed by atoms with van der Waals surface area (Å²) in [6, 6.07) is 0. The van der Waals surface area contributed by atoms with E-state index < -0.39 is 6.10 Å². The molecule has 0 aromatic rings. The van der Waals surface area contributed by atoms with Crippen LogP contribution >= 0.6 is 0 Å². The number of unbranched alkanes of at least 4 members (excludes halogenated alkanes) is 31. The maximum atomic E-state index is 12.8. The smallest absolute Gasteiger partial charge is 0.306 e. The number of carbonyl (C=O) groups excluding carboxylic acids is 2. The minimum atomic E-state index is -0.537. The van der Waals surface area contributed by atoms with Crippen molar-refractivity contribution >= 4 is 11.9 Å². The van der Waals surface area contributed by atoms with E-state index in [4.69, 9.17) is 14.2 Å². The van der Waals surface area contributed by atoms with Crippen LogP contribution in [0.25, 0.3) is 0 Å². The Kier molecular flexibility index (Phi) is 51.4. The highest BCUT2D eigenvalue weighted by atomic mass is 16.6. The van der Waals surface area contributed by atoms with Gasteiger partial charge in [0.2, 0.25) is 0 Å².